The fraction of sp³-hybridized carbons (Fsp3) is 0.375. The number of hydrogen-bond donors (Lipinski definition) is 2. The molecule has 0 saturated carbocycles. The van der Waals surface area contributed by atoms with E-state index in [1.54, 1.807) is 22.9 Å². The minimum Gasteiger partial charge on any atom is -0.508 e. The van der Waals surface area contributed by atoms with Crippen molar-refractivity contribution in [1.29, 1.82) is 0 Å². The molecular weight excluding hydrogens is 268 g/mol. The molecule has 0 fully saturated rings. The second kappa shape index (κ2) is 5.99. The number of carboxylic acid groups (broad SMARTS) is 1. The monoisotopic (exact) mass is 288 g/mol. The van der Waals surface area contributed by atoms with E-state index in [1.165, 1.54) is 6.20 Å². The van der Waals surface area contributed by atoms with Crippen LogP contribution in [0.2, 0.25) is 0 Å². The third-order valence-electron chi connectivity index (χ3n) is 3.82. The molecule has 1 aromatic heterocycles. The molecule has 5 heteroatoms. The van der Waals surface area contributed by atoms with Crippen LogP contribution in [0.5, 0.6) is 5.75 Å². The number of aromatic carboxylic acids is 1. The van der Waals surface area contributed by atoms with Crippen LogP contribution >= 0.6 is 0 Å². The zero-order valence-electron chi connectivity index (χ0n) is 12.5. The van der Waals surface area contributed by atoms with E-state index >= 15 is 0 Å². The smallest absolute Gasteiger partial charge is 0.339 e. The second-order valence-electron chi connectivity index (χ2n) is 5.14. The number of aromatic nitrogens is 2. The number of carboxylic acids is 1. The third kappa shape index (κ3) is 2.77. The Kier molecular flexibility index (Phi) is 4.31. The van der Waals surface area contributed by atoms with Crippen LogP contribution in [0.1, 0.15) is 54.2 Å². The van der Waals surface area contributed by atoms with Gasteiger partial charge in [-0.3, -0.25) is 0 Å². The van der Waals surface area contributed by atoms with Crippen molar-refractivity contribution in [3.63, 3.8) is 0 Å². The highest BCUT2D eigenvalue weighted by Crippen LogP contribution is 2.30. The van der Waals surface area contributed by atoms with E-state index in [1.807, 2.05) is 20.8 Å². The highest BCUT2D eigenvalue weighted by Gasteiger charge is 2.24. The van der Waals surface area contributed by atoms with Gasteiger partial charge in [0.1, 0.15) is 11.3 Å². The number of nitrogens with zero attached hydrogens (tertiary/aromatic N) is 2. The van der Waals surface area contributed by atoms with Gasteiger partial charge in [0.05, 0.1) is 17.6 Å². The molecule has 0 radical (unpaired) electrons. The molecule has 0 aliphatic carbocycles. The normalized spacial score (nSPS) is 11.0. The minimum atomic E-state index is -0.959. The molecule has 1 aromatic carbocycles. The molecule has 2 rings (SSSR count). The van der Waals surface area contributed by atoms with Crippen LogP contribution in [-0.2, 0) is 0 Å². The van der Waals surface area contributed by atoms with E-state index in [0.29, 0.717) is 0 Å². The van der Waals surface area contributed by atoms with E-state index in [2.05, 4.69) is 5.10 Å². The number of aryl methyl sites for hydroxylation is 1. The maximum atomic E-state index is 11.4. The molecule has 0 atom stereocenters. The molecule has 0 amide bonds. The summed E-state index contributed by atoms with van der Waals surface area (Å²) < 4.78 is 1.69. The number of rotatable bonds is 5. The number of phenols is 1. The fourth-order valence-electron chi connectivity index (χ4n) is 2.66. The zero-order chi connectivity index (χ0) is 15.6. The zero-order valence-corrected chi connectivity index (χ0v) is 12.5. The average molecular weight is 288 g/mol. The first-order valence-corrected chi connectivity index (χ1v) is 7.10. The van der Waals surface area contributed by atoms with Crippen molar-refractivity contribution in [2.75, 3.05) is 0 Å². The fourth-order valence-corrected chi connectivity index (χ4v) is 2.66. The lowest BCUT2D eigenvalue weighted by Gasteiger charge is -2.17. The number of benzene rings is 1. The Bertz CT molecular complexity index is 658. The Morgan fingerprint density at radius 2 is 2.00 bits per heavy atom. The van der Waals surface area contributed by atoms with E-state index in [4.69, 9.17) is 0 Å². The number of hydrogen-bond acceptors (Lipinski definition) is 3. The Balaban J connectivity index is 2.66. The van der Waals surface area contributed by atoms with Crippen LogP contribution in [0.25, 0.3) is 5.69 Å². The summed E-state index contributed by atoms with van der Waals surface area (Å²) in [5.74, 6) is -0.641. The van der Waals surface area contributed by atoms with Crippen molar-refractivity contribution in [2.24, 2.45) is 0 Å². The number of aromatic hydroxyl groups is 1. The molecule has 2 N–H and O–H groups in total. The average Bonchev–Trinajstić information content (AvgIpc) is 2.85. The van der Waals surface area contributed by atoms with Gasteiger partial charge in [-0.05, 0) is 43.5 Å². The van der Waals surface area contributed by atoms with E-state index < -0.39 is 5.97 Å². The Labute approximate surface area is 123 Å². The lowest BCUT2D eigenvalue weighted by atomic mass is 9.96. The highest BCUT2D eigenvalue weighted by molar-refractivity contribution is 5.89. The Morgan fingerprint density at radius 1 is 1.33 bits per heavy atom. The lowest BCUT2D eigenvalue weighted by molar-refractivity contribution is 0.0695. The summed E-state index contributed by atoms with van der Waals surface area (Å²) in [6.45, 7) is 5.95. The molecule has 0 spiro atoms. The van der Waals surface area contributed by atoms with Crippen LogP contribution in [0.15, 0.2) is 24.4 Å². The number of phenolic OH excluding ortho intramolecular Hbond substituents is 1. The largest absolute Gasteiger partial charge is 0.508 e. The molecule has 21 heavy (non-hydrogen) atoms. The van der Waals surface area contributed by atoms with E-state index in [0.717, 1.165) is 29.8 Å². The first-order valence-electron chi connectivity index (χ1n) is 7.10. The molecule has 0 unspecified atom stereocenters. The molecular formula is C16H20N2O3. The summed E-state index contributed by atoms with van der Waals surface area (Å²) in [6.07, 6.45) is 3.10. The number of carbonyl (C=O) groups is 1. The van der Waals surface area contributed by atoms with Crippen molar-refractivity contribution in [3.8, 4) is 11.4 Å². The summed E-state index contributed by atoms with van der Waals surface area (Å²) in [4.78, 5) is 11.4. The summed E-state index contributed by atoms with van der Waals surface area (Å²) in [5, 5.41) is 23.2. The molecule has 0 bridgehead atoms. The minimum absolute atomic E-state index is 0.131. The first-order chi connectivity index (χ1) is 9.99. The maximum absolute atomic E-state index is 11.4. The first kappa shape index (κ1) is 15.1. The van der Waals surface area contributed by atoms with Gasteiger partial charge in [-0.2, -0.15) is 5.10 Å². The van der Waals surface area contributed by atoms with Gasteiger partial charge >= 0.3 is 5.97 Å². The Hall–Kier alpha value is -2.30. The van der Waals surface area contributed by atoms with Crippen molar-refractivity contribution in [2.45, 2.75) is 39.5 Å². The van der Waals surface area contributed by atoms with Crippen molar-refractivity contribution in [3.05, 3.63) is 41.2 Å². The van der Waals surface area contributed by atoms with Gasteiger partial charge in [0, 0.05) is 5.92 Å². The molecule has 0 saturated heterocycles. The second-order valence-corrected chi connectivity index (χ2v) is 5.14. The molecule has 0 aliphatic heterocycles. The summed E-state index contributed by atoms with van der Waals surface area (Å²) in [7, 11) is 0. The summed E-state index contributed by atoms with van der Waals surface area (Å²) >= 11 is 0. The summed E-state index contributed by atoms with van der Waals surface area (Å²) in [6, 6.07) is 4.99. The molecule has 1 heterocycles. The van der Waals surface area contributed by atoms with Gasteiger partial charge < -0.3 is 10.2 Å². The summed E-state index contributed by atoms with van der Waals surface area (Å²) in [5.41, 5.74) is 2.61. The van der Waals surface area contributed by atoms with Crippen LogP contribution in [0.4, 0.5) is 0 Å². The molecule has 2 aromatic rings. The predicted octanol–water partition coefficient (Wildman–Crippen LogP) is 3.49. The quantitative estimate of drug-likeness (QED) is 0.883. The van der Waals surface area contributed by atoms with Crippen LogP contribution in [0.3, 0.4) is 0 Å². The van der Waals surface area contributed by atoms with Crippen LogP contribution in [-0.4, -0.2) is 26.0 Å². The SMILES string of the molecule is CCC(CC)c1c(C(=O)O)cnn1-c1ccc(O)cc1C. The van der Waals surface area contributed by atoms with Gasteiger partial charge in [-0.25, -0.2) is 9.48 Å². The van der Waals surface area contributed by atoms with Crippen LogP contribution < -0.4 is 0 Å². The van der Waals surface area contributed by atoms with Gasteiger partial charge in [0.2, 0.25) is 0 Å². The van der Waals surface area contributed by atoms with Crippen molar-refractivity contribution >= 4 is 5.97 Å². The maximum Gasteiger partial charge on any atom is 0.339 e. The highest BCUT2D eigenvalue weighted by atomic mass is 16.4. The molecule has 112 valence electrons. The van der Waals surface area contributed by atoms with Crippen molar-refractivity contribution in [1.82, 2.24) is 9.78 Å². The molecule has 0 aliphatic rings. The third-order valence-corrected chi connectivity index (χ3v) is 3.82. The standard InChI is InChI=1S/C16H20N2O3/c1-4-11(5-2)15-13(16(20)21)9-17-18(15)14-7-6-12(19)8-10(14)3/h6-9,11,19H,4-5H2,1-3H3,(H,20,21). The lowest BCUT2D eigenvalue weighted by Crippen LogP contribution is -2.12. The predicted molar refractivity (Wildman–Crippen MR) is 80.2 cm³/mol. The molecule has 5 nitrogen and oxygen atoms in total. The van der Waals surface area contributed by atoms with Gasteiger partial charge in [0.25, 0.3) is 0 Å². The van der Waals surface area contributed by atoms with E-state index in [9.17, 15) is 15.0 Å². The van der Waals surface area contributed by atoms with Gasteiger partial charge in [-0.15, -0.1) is 0 Å². The van der Waals surface area contributed by atoms with Crippen molar-refractivity contribution < 1.29 is 15.0 Å². The van der Waals surface area contributed by atoms with E-state index in [-0.39, 0.29) is 17.2 Å². The van der Waals surface area contributed by atoms with Gasteiger partial charge in [0.15, 0.2) is 0 Å². The Morgan fingerprint density at radius 3 is 2.52 bits per heavy atom. The topological polar surface area (TPSA) is 75.3 Å². The van der Waals surface area contributed by atoms with Gasteiger partial charge in [-0.1, -0.05) is 13.8 Å². The van der Waals surface area contributed by atoms with Crippen LogP contribution in [0, 0.1) is 6.92 Å².